The first-order chi connectivity index (χ1) is 15.9. The fourth-order valence-corrected chi connectivity index (χ4v) is 5.83. The van der Waals surface area contributed by atoms with E-state index in [-0.39, 0.29) is 36.8 Å². The zero-order chi connectivity index (χ0) is 23.3. The lowest BCUT2D eigenvalue weighted by molar-refractivity contribution is -0.118. The number of nitrogens with zero attached hydrogens (tertiary/aromatic N) is 2. The largest absolute Gasteiger partial charge is 0.497 e. The molecule has 7 nitrogen and oxygen atoms in total. The van der Waals surface area contributed by atoms with Gasteiger partial charge in [0, 0.05) is 12.5 Å². The normalized spacial score (nSPS) is 11.5. The molecule has 0 fully saturated rings. The van der Waals surface area contributed by atoms with Crippen LogP contribution in [0.25, 0.3) is 10.2 Å². The minimum atomic E-state index is -3.31. The standard InChI is InChI=1S/C24H24N2O5S2/c1-30-19-11-12-22-21(15-19)25-24(32-22)26(16-20-9-5-13-31-20)23(27)10-6-14-33(28,29)17-18-7-3-2-4-8-18/h2-5,7-9,11-13,15H,6,10,14,16-17H2,1H3. The number of ether oxygens (including phenoxy) is 1. The highest BCUT2D eigenvalue weighted by molar-refractivity contribution is 7.90. The molecular formula is C24H24N2O5S2. The number of hydrogen-bond donors (Lipinski definition) is 0. The Kier molecular flexibility index (Phi) is 7.10. The van der Waals surface area contributed by atoms with E-state index in [0.29, 0.717) is 16.6 Å². The summed E-state index contributed by atoms with van der Waals surface area (Å²) in [5.74, 6) is 1.02. The van der Waals surface area contributed by atoms with Crippen LogP contribution in [-0.4, -0.2) is 32.2 Å². The number of hydrogen-bond acceptors (Lipinski definition) is 7. The number of carbonyl (C=O) groups is 1. The van der Waals surface area contributed by atoms with Crippen molar-refractivity contribution in [2.75, 3.05) is 17.8 Å². The number of furan rings is 1. The molecule has 4 rings (SSSR count). The maximum atomic E-state index is 13.1. The van der Waals surface area contributed by atoms with Gasteiger partial charge in [-0.3, -0.25) is 9.69 Å². The fourth-order valence-electron chi connectivity index (χ4n) is 3.44. The number of fused-ring (bicyclic) bond motifs is 1. The molecule has 0 atom stereocenters. The van der Waals surface area contributed by atoms with Crippen LogP contribution in [0.15, 0.2) is 71.3 Å². The van der Waals surface area contributed by atoms with E-state index in [2.05, 4.69) is 4.98 Å². The molecule has 33 heavy (non-hydrogen) atoms. The molecule has 9 heteroatoms. The Morgan fingerprint density at radius 1 is 1.12 bits per heavy atom. The number of rotatable bonds is 10. The SMILES string of the molecule is COc1ccc2sc(N(Cc3ccco3)C(=O)CCCS(=O)(=O)Cc3ccccc3)nc2c1. The van der Waals surface area contributed by atoms with Crippen molar-refractivity contribution in [3.05, 3.63) is 78.3 Å². The van der Waals surface area contributed by atoms with Gasteiger partial charge in [-0.15, -0.1) is 0 Å². The van der Waals surface area contributed by atoms with E-state index in [4.69, 9.17) is 9.15 Å². The highest BCUT2D eigenvalue weighted by atomic mass is 32.2. The van der Waals surface area contributed by atoms with Gasteiger partial charge in [-0.25, -0.2) is 13.4 Å². The molecule has 4 aromatic rings. The highest BCUT2D eigenvalue weighted by Gasteiger charge is 2.22. The van der Waals surface area contributed by atoms with Crippen LogP contribution in [0.3, 0.4) is 0 Å². The van der Waals surface area contributed by atoms with Gasteiger partial charge in [0.2, 0.25) is 5.91 Å². The van der Waals surface area contributed by atoms with Gasteiger partial charge < -0.3 is 9.15 Å². The molecule has 0 bridgehead atoms. The first-order valence-electron chi connectivity index (χ1n) is 10.5. The van der Waals surface area contributed by atoms with Crippen molar-refractivity contribution < 1.29 is 22.4 Å². The minimum absolute atomic E-state index is 0.0299. The Morgan fingerprint density at radius 3 is 2.67 bits per heavy atom. The van der Waals surface area contributed by atoms with Gasteiger partial charge in [0.25, 0.3) is 0 Å². The number of carbonyl (C=O) groups excluding carboxylic acids is 1. The van der Waals surface area contributed by atoms with Gasteiger partial charge in [-0.05, 0) is 36.2 Å². The van der Waals surface area contributed by atoms with Gasteiger partial charge in [-0.1, -0.05) is 41.7 Å². The summed E-state index contributed by atoms with van der Waals surface area (Å²) in [4.78, 5) is 19.3. The molecule has 1 amide bonds. The molecule has 0 saturated carbocycles. The van der Waals surface area contributed by atoms with Gasteiger partial charge in [0.1, 0.15) is 11.5 Å². The fraction of sp³-hybridized carbons (Fsp3) is 0.250. The second-order valence-corrected chi connectivity index (χ2v) is 10.8. The number of amides is 1. The number of benzene rings is 2. The van der Waals surface area contributed by atoms with E-state index in [9.17, 15) is 13.2 Å². The predicted octanol–water partition coefficient (Wildman–Crippen LogP) is 4.83. The smallest absolute Gasteiger partial charge is 0.229 e. The molecule has 0 spiro atoms. The van der Waals surface area contributed by atoms with E-state index in [1.807, 2.05) is 36.4 Å². The Hall–Kier alpha value is -3.17. The molecule has 0 aliphatic carbocycles. The molecule has 0 saturated heterocycles. The van der Waals surface area contributed by atoms with Crippen LogP contribution in [0.4, 0.5) is 5.13 Å². The number of methoxy groups -OCH3 is 1. The topological polar surface area (TPSA) is 89.7 Å². The van der Waals surface area contributed by atoms with Crippen LogP contribution in [0.2, 0.25) is 0 Å². The third-order valence-corrected chi connectivity index (χ3v) is 7.83. The van der Waals surface area contributed by atoms with E-state index >= 15 is 0 Å². The number of thiazole rings is 1. The van der Waals surface area contributed by atoms with Crippen LogP contribution in [0.5, 0.6) is 5.75 Å². The summed E-state index contributed by atoms with van der Waals surface area (Å²) in [5.41, 5.74) is 1.48. The maximum Gasteiger partial charge on any atom is 0.229 e. The summed E-state index contributed by atoms with van der Waals surface area (Å²) >= 11 is 1.39. The van der Waals surface area contributed by atoms with Gasteiger partial charge >= 0.3 is 0 Å². The summed E-state index contributed by atoms with van der Waals surface area (Å²) in [6.07, 6.45) is 1.88. The minimum Gasteiger partial charge on any atom is -0.497 e. The molecular weight excluding hydrogens is 460 g/mol. The molecule has 0 aliphatic rings. The molecule has 0 aliphatic heterocycles. The monoisotopic (exact) mass is 484 g/mol. The zero-order valence-corrected chi connectivity index (χ0v) is 19.8. The van der Waals surface area contributed by atoms with Crippen molar-refractivity contribution in [2.45, 2.75) is 25.1 Å². The summed E-state index contributed by atoms with van der Waals surface area (Å²) in [7, 11) is -1.72. The van der Waals surface area contributed by atoms with Gasteiger partial charge in [-0.2, -0.15) is 0 Å². The summed E-state index contributed by atoms with van der Waals surface area (Å²) < 4.78 is 36.6. The average molecular weight is 485 g/mol. The zero-order valence-electron chi connectivity index (χ0n) is 18.1. The molecule has 2 aromatic carbocycles. The van der Waals surface area contributed by atoms with Gasteiger partial charge in [0.15, 0.2) is 15.0 Å². The third-order valence-electron chi connectivity index (χ3n) is 5.08. The van der Waals surface area contributed by atoms with E-state index in [1.54, 1.807) is 42.5 Å². The second kappa shape index (κ2) is 10.2. The summed E-state index contributed by atoms with van der Waals surface area (Å²) in [5, 5.41) is 0.534. The third kappa shape index (κ3) is 6.00. The Morgan fingerprint density at radius 2 is 1.94 bits per heavy atom. The van der Waals surface area contributed by atoms with Gasteiger partial charge in [0.05, 0.1) is 41.6 Å². The summed E-state index contributed by atoms with van der Waals surface area (Å²) in [6, 6.07) is 18.2. The average Bonchev–Trinajstić information content (AvgIpc) is 3.46. The Bertz CT molecular complexity index is 1320. The number of sulfone groups is 1. The van der Waals surface area contributed by atoms with Crippen molar-refractivity contribution in [1.82, 2.24) is 4.98 Å². The Labute approximate surface area is 196 Å². The van der Waals surface area contributed by atoms with Crippen molar-refractivity contribution in [3.63, 3.8) is 0 Å². The maximum absolute atomic E-state index is 13.1. The van der Waals surface area contributed by atoms with Crippen LogP contribution in [-0.2, 0) is 26.9 Å². The highest BCUT2D eigenvalue weighted by Crippen LogP contribution is 2.32. The lowest BCUT2D eigenvalue weighted by Crippen LogP contribution is -2.30. The lowest BCUT2D eigenvalue weighted by atomic mass is 10.2. The molecule has 2 aromatic heterocycles. The van der Waals surface area contributed by atoms with E-state index < -0.39 is 9.84 Å². The van der Waals surface area contributed by atoms with E-state index in [0.717, 1.165) is 15.8 Å². The molecule has 2 heterocycles. The van der Waals surface area contributed by atoms with Crippen LogP contribution in [0, 0.1) is 0 Å². The number of aromatic nitrogens is 1. The quantitative estimate of drug-likeness (QED) is 0.320. The Balaban J connectivity index is 1.47. The number of anilines is 1. The first-order valence-corrected chi connectivity index (χ1v) is 13.1. The molecule has 0 N–H and O–H groups in total. The van der Waals surface area contributed by atoms with Crippen molar-refractivity contribution >= 4 is 42.4 Å². The van der Waals surface area contributed by atoms with Crippen molar-refractivity contribution in [2.24, 2.45) is 0 Å². The molecule has 0 unspecified atom stereocenters. The predicted molar refractivity (Wildman–Crippen MR) is 129 cm³/mol. The van der Waals surface area contributed by atoms with Crippen LogP contribution in [0.1, 0.15) is 24.2 Å². The van der Waals surface area contributed by atoms with Crippen LogP contribution >= 0.6 is 11.3 Å². The van der Waals surface area contributed by atoms with Crippen molar-refractivity contribution in [3.8, 4) is 5.75 Å². The molecule has 172 valence electrons. The van der Waals surface area contributed by atoms with Crippen molar-refractivity contribution in [1.29, 1.82) is 0 Å². The second-order valence-electron chi connectivity index (χ2n) is 7.57. The first kappa shape index (κ1) is 23.0. The van der Waals surface area contributed by atoms with Crippen LogP contribution < -0.4 is 9.64 Å². The van der Waals surface area contributed by atoms with E-state index in [1.165, 1.54) is 11.3 Å². The summed E-state index contributed by atoms with van der Waals surface area (Å²) in [6.45, 7) is 0.222. The lowest BCUT2D eigenvalue weighted by Gasteiger charge is -2.18. The molecule has 0 radical (unpaired) electrons.